The average Bonchev–Trinajstić information content (AvgIpc) is 2.01. The Bertz CT molecular complexity index is 280. The molecule has 0 unspecified atom stereocenters. The molecule has 0 bridgehead atoms. The molecule has 0 aliphatic carbocycles. The highest BCUT2D eigenvalue weighted by atomic mass is 79.9. The van der Waals surface area contributed by atoms with Crippen molar-refractivity contribution in [2.45, 2.75) is 6.54 Å². The normalized spacial score (nSPS) is 9.33. The number of halogens is 4. The van der Waals surface area contributed by atoms with Gasteiger partial charge in [0.15, 0.2) is 0 Å². The fraction of sp³-hybridized carbons (Fsp3) is 0.143. The van der Waals surface area contributed by atoms with E-state index >= 15 is 0 Å². The second-order valence-electron chi connectivity index (χ2n) is 2.04. The third-order valence-corrected chi connectivity index (χ3v) is 2.59. The van der Waals surface area contributed by atoms with Gasteiger partial charge in [-0.15, -0.1) is 12.4 Å². The molecule has 2 N–H and O–H groups in total. The minimum absolute atomic E-state index is 0. The molecular weight excluding hydrogens is 268 g/mol. The van der Waals surface area contributed by atoms with Crippen LogP contribution in [0.3, 0.4) is 0 Å². The quantitative estimate of drug-likeness (QED) is 0.783. The van der Waals surface area contributed by atoms with Gasteiger partial charge in [0.25, 0.3) is 0 Å². The van der Waals surface area contributed by atoms with Gasteiger partial charge in [0.2, 0.25) is 0 Å². The smallest absolute Gasteiger partial charge is 0.147 e. The van der Waals surface area contributed by atoms with E-state index in [1.54, 1.807) is 12.1 Å². The van der Waals surface area contributed by atoms with Crippen molar-refractivity contribution in [1.82, 2.24) is 0 Å². The molecule has 0 heterocycles. The lowest BCUT2D eigenvalue weighted by molar-refractivity contribution is 0.610. The molecule has 1 aromatic carbocycles. The minimum atomic E-state index is -0.441. The van der Waals surface area contributed by atoms with Gasteiger partial charge in [0, 0.05) is 16.6 Å². The zero-order valence-corrected chi connectivity index (χ0v) is 9.14. The van der Waals surface area contributed by atoms with Crippen LogP contribution < -0.4 is 5.73 Å². The van der Waals surface area contributed by atoms with Gasteiger partial charge in [-0.1, -0.05) is 17.7 Å². The van der Waals surface area contributed by atoms with Crippen LogP contribution >= 0.6 is 39.9 Å². The van der Waals surface area contributed by atoms with Gasteiger partial charge in [0.05, 0.1) is 5.02 Å². The largest absolute Gasteiger partial charge is 0.326 e. The number of benzene rings is 1. The highest BCUT2D eigenvalue weighted by molar-refractivity contribution is 9.10. The third kappa shape index (κ3) is 2.33. The fourth-order valence-electron chi connectivity index (χ4n) is 0.724. The standard InChI is InChI=1S/C7H6BrClFN.ClH/c8-5-2-1-4(3-11)7(10)6(5)9;/h1-2H,3,11H2;1H. The summed E-state index contributed by atoms with van der Waals surface area (Å²) in [6.45, 7) is 0.166. The van der Waals surface area contributed by atoms with E-state index in [1.807, 2.05) is 0 Å². The van der Waals surface area contributed by atoms with Gasteiger partial charge >= 0.3 is 0 Å². The van der Waals surface area contributed by atoms with Crippen LogP contribution in [-0.4, -0.2) is 0 Å². The maximum Gasteiger partial charge on any atom is 0.147 e. The van der Waals surface area contributed by atoms with Crippen LogP contribution in [0.1, 0.15) is 5.56 Å². The fourth-order valence-corrected chi connectivity index (χ4v) is 1.21. The van der Waals surface area contributed by atoms with Crippen molar-refractivity contribution in [3.63, 3.8) is 0 Å². The zero-order valence-electron chi connectivity index (χ0n) is 5.98. The molecule has 1 nitrogen and oxygen atoms in total. The Morgan fingerprint density at radius 3 is 2.58 bits per heavy atom. The van der Waals surface area contributed by atoms with E-state index in [-0.39, 0.29) is 24.0 Å². The monoisotopic (exact) mass is 273 g/mol. The van der Waals surface area contributed by atoms with Gasteiger partial charge < -0.3 is 5.73 Å². The van der Waals surface area contributed by atoms with E-state index in [0.29, 0.717) is 10.0 Å². The van der Waals surface area contributed by atoms with E-state index < -0.39 is 5.82 Å². The summed E-state index contributed by atoms with van der Waals surface area (Å²) in [5.41, 5.74) is 5.68. The van der Waals surface area contributed by atoms with Crippen molar-refractivity contribution >= 4 is 39.9 Å². The Kier molecular flexibility index (Phi) is 5.09. The van der Waals surface area contributed by atoms with Crippen LogP contribution in [0.2, 0.25) is 5.02 Å². The third-order valence-electron chi connectivity index (χ3n) is 1.34. The van der Waals surface area contributed by atoms with E-state index in [2.05, 4.69) is 15.9 Å². The number of hydrogen-bond acceptors (Lipinski definition) is 1. The van der Waals surface area contributed by atoms with E-state index in [0.717, 1.165) is 0 Å². The molecule has 0 aliphatic rings. The molecular formula is C7H7BrCl2FN. The molecule has 12 heavy (non-hydrogen) atoms. The van der Waals surface area contributed by atoms with Crippen molar-refractivity contribution in [1.29, 1.82) is 0 Å². The van der Waals surface area contributed by atoms with E-state index in [1.165, 1.54) is 0 Å². The Labute approximate surface area is 89.6 Å². The Morgan fingerprint density at radius 2 is 2.08 bits per heavy atom. The predicted molar refractivity (Wildman–Crippen MR) is 54.2 cm³/mol. The van der Waals surface area contributed by atoms with Crippen LogP contribution in [0.15, 0.2) is 16.6 Å². The highest BCUT2D eigenvalue weighted by Crippen LogP contribution is 2.27. The van der Waals surface area contributed by atoms with Crippen LogP contribution in [0, 0.1) is 5.82 Å². The summed E-state index contributed by atoms with van der Waals surface area (Å²) in [5, 5.41) is 0.0907. The molecule has 0 atom stereocenters. The topological polar surface area (TPSA) is 26.0 Å². The van der Waals surface area contributed by atoms with Crippen molar-refractivity contribution in [2.24, 2.45) is 5.73 Å². The molecule has 1 rings (SSSR count). The molecule has 68 valence electrons. The van der Waals surface area contributed by atoms with Gasteiger partial charge in [-0.3, -0.25) is 0 Å². The molecule has 0 saturated carbocycles. The number of nitrogens with two attached hydrogens (primary N) is 1. The lowest BCUT2D eigenvalue weighted by Crippen LogP contribution is -1.99. The average molecular weight is 275 g/mol. The first-order chi connectivity index (χ1) is 5.16. The van der Waals surface area contributed by atoms with Gasteiger partial charge in [-0.25, -0.2) is 4.39 Å². The summed E-state index contributed by atoms with van der Waals surface area (Å²) in [6.07, 6.45) is 0. The Morgan fingerprint density at radius 1 is 1.50 bits per heavy atom. The molecule has 5 heteroatoms. The maximum absolute atomic E-state index is 13.0. The van der Waals surface area contributed by atoms with Crippen molar-refractivity contribution in [3.05, 3.63) is 33.0 Å². The minimum Gasteiger partial charge on any atom is -0.326 e. The van der Waals surface area contributed by atoms with Gasteiger partial charge in [-0.2, -0.15) is 0 Å². The van der Waals surface area contributed by atoms with Crippen molar-refractivity contribution in [2.75, 3.05) is 0 Å². The van der Waals surface area contributed by atoms with Crippen molar-refractivity contribution in [3.8, 4) is 0 Å². The molecule has 0 amide bonds. The summed E-state index contributed by atoms with van der Waals surface area (Å²) in [4.78, 5) is 0. The first-order valence-electron chi connectivity index (χ1n) is 2.99. The lowest BCUT2D eigenvalue weighted by atomic mass is 10.2. The van der Waals surface area contributed by atoms with Gasteiger partial charge in [0.1, 0.15) is 5.82 Å². The van der Waals surface area contributed by atoms with Gasteiger partial charge in [-0.05, 0) is 22.0 Å². The summed E-state index contributed by atoms with van der Waals surface area (Å²) in [7, 11) is 0. The Balaban J connectivity index is 0.00000121. The summed E-state index contributed by atoms with van der Waals surface area (Å²) in [6, 6.07) is 3.28. The molecule has 0 aromatic heterocycles. The predicted octanol–water partition coefficient (Wildman–Crippen LogP) is 3.12. The van der Waals surface area contributed by atoms with Crippen LogP contribution in [0.25, 0.3) is 0 Å². The molecule has 0 aliphatic heterocycles. The summed E-state index contributed by atoms with van der Waals surface area (Å²) in [5.74, 6) is -0.441. The van der Waals surface area contributed by atoms with Crippen LogP contribution in [0.5, 0.6) is 0 Å². The summed E-state index contributed by atoms with van der Waals surface area (Å²) >= 11 is 8.68. The highest BCUT2D eigenvalue weighted by Gasteiger charge is 2.07. The second-order valence-corrected chi connectivity index (χ2v) is 3.27. The molecule has 0 radical (unpaired) electrons. The maximum atomic E-state index is 13.0. The van der Waals surface area contributed by atoms with Crippen LogP contribution in [-0.2, 0) is 6.54 Å². The lowest BCUT2D eigenvalue weighted by Gasteiger charge is -2.02. The first kappa shape index (κ1) is 12.2. The first-order valence-corrected chi connectivity index (χ1v) is 4.16. The SMILES string of the molecule is Cl.NCc1ccc(Br)c(Cl)c1F. The summed E-state index contributed by atoms with van der Waals surface area (Å²) < 4.78 is 13.6. The molecule has 1 aromatic rings. The molecule has 0 spiro atoms. The van der Waals surface area contributed by atoms with E-state index in [4.69, 9.17) is 17.3 Å². The van der Waals surface area contributed by atoms with Crippen LogP contribution in [0.4, 0.5) is 4.39 Å². The number of hydrogen-bond donors (Lipinski definition) is 1. The molecule has 0 fully saturated rings. The van der Waals surface area contributed by atoms with Crippen molar-refractivity contribution < 1.29 is 4.39 Å². The zero-order chi connectivity index (χ0) is 8.43. The Hall–Kier alpha value is 0.170. The van der Waals surface area contributed by atoms with E-state index in [9.17, 15) is 4.39 Å². The number of rotatable bonds is 1. The second kappa shape index (κ2) is 5.02. The molecule has 0 saturated heterocycles.